The molecule has 0 bridgehead atoms. The van der Waals surface area contributed by atoms with Gasteiger partial charge in [-0.3, -0.25) is 14.6 Å². The quantitative estimate of drug-likeness (QED) is 0.698. The van der Waals surface area contributed by atoms with Crippen LogP contribution in [0.5, 0.6) is 0 Å². The lowest BCUT2D eigenvalue weighted by Crippen LogP contribution is -2.45. The summed E-state index contributed by atoms with van der Waals surface area (Å²) >= 11 is 0. The predicted octanol–water partition coefficient (Wildman–Crippen LogP) is 2.79. The van der Waals surface area contributed by atoms with Crippen molar-refractivity contribution in [2.24, 2.45) is 11.8 Å². The van der Waals surface area contributed by atoms with Gasteiger partial charge < -0.3 is 19.3 Å². The normalized spacial score (nSPS) is 19.4. The van der Waals surface area contributed by atoms with Crippen LogP contribution in [0.2, 0.25) is 0 Å². The van der Waals surface area contributed by atoms with Crippen molar-refractivity contribution in [3.8, 4) is 0 Å². The summed E-state index contributed by atoms with van der Waals surface area (Å²) in [5.41, 5.74) is 1.07. The molecule has 0 radical (unpaired) electrons. The van der Waals surface area contributed by atoms with Crippen LogP contribution in [-0.4, -0.2) is 65.0 Å². The molecule has 1 amide bonds. The number of rotatable bonds is 9. The highest BCUT2D eigenvalue weighted by Gasteiger charge is 2.33. The predicted molar refractivity (Wildman–Crippen MR) is 109 cm³/mol. The Labute approximate surface area is 171 Å². The van der Waals surface area contributed by atoms with E-state index < -0.39 is 5.97 Å². The second-order valence-corrected chi connectivity index (χ2v) is 7.80. The molecule has 7 heteroatoms. The second-order valence-electron chi connectivity index (χ2n) is 7.80. The Balaban J connectivity index is 1.54. The molecule has 0 aromatic carbocycles. The van der Waals surface area contributed by atoms with Gasteiger partial charge in [-0.05, 0) is 62.5 Å². The summed E-state index contributed by atoms with van der Waals surface area (Å²) < 4.78 is 5.25. The van der Waals surface area contributed by atoms with Crippen molar-refractivity contribution < 1.29 is 19.1 Å². The first-order valence-electron chi connectivity index (χ1n) is 10.2. The van der Waals surface area contributed by atoms with E-state index in [0.29, 0.717) is 25.3 Å². The third-order valence-electron chi connectivity index (χ3n) is 5.70. The minimum Gasteiger partial charge on any atom is -0.481 e. The number of likely N-dealkylation sites (tertiary alicyclic amines) is 1. The van der Waals surface area contributed by atoms with E-state index >= 15 is 0 Å². The first-order valence-corrected chi connectivity index (χ1v) is 10.2. The molecule has 2 atom stereocenters. The largest absolute Gasteiger partial charge is 0.481 e. The zero-order chi connectivity index (χ0) is 20.6. The first kappa shape index (κ1) is 21.0. The lowest BCUT2D eigenvalue weighted by atomic mass is 9.81. The summed E-state index contributed by atoms with van der Waals surface area (Å²) in [6.45, 7) is 2.90. The van der Waals surface area contributed by atoms with Gasteiger partial charge in [-0.25, -0.2) is 0 Å². The fourth-order valence-electron chi connectivity index (χ4n) is 3.99. The van der Waals surface area contributed by atoms with Crippen molar-refractivity contribution in [3.63, 3.8) is 0 Å². The fraction of sp³-hybridized carbons (Fsp3) is 0.500. The summed E-state index contributed by atoms with van der Waals surface area (Å²) in [4.78, 5) is 32.3. The van der Waals surface area contributed by atoms with E-state index in [0.717, 1.165) is 31.6 Å². The standard InChI is InChI=1S/C22H29N3O4/c1-24(12-9-19-5-2-3-10-23-19)11-7-18-16-25(13-8-17(18)15-21(26)27)22(28)20-6-4-14-29-20/h2-6,10,14,17-18H,7-9,11-13,15-16H2,1H3,(H,26,27). The van der Waals surface area contributed by atoms with Gasteiger partial charge in [0.2, 0.25) is 0 Å². The zero-order valence-corrected chi connectivity index (χ0v) is 16.9. The van der Waals surface area contributed by atoms with Crippen molar-refractivity contribution in [1.82, 2.24) is 14.8 Å². The third-order valence-corrected chi connectivity index (χ3v) is 5.70. The van der Waals surface area contributed by atoms with Gasteiger partial charge in [0.25, 0.3) is 5.91 Å². The number of furan rings is 1. The van der Waals surface area contributed by atoms with E-state index in [-0.39, 0.29) is 24.2 Å². The molecule has 2 aromatic rings. The maximum absolute atomic E-state index is 12.6. The number of aromatic nitrogens is 1. The van der Waals surface area contributed by atoms with Crippen molar-refractivity contribution in [3.05, 3.63) is 54.2 Å². The van der Waals surface area contributed by atoms with Gasteiger partial charge >= 0.3 is 5.97 Å². The highest BCUT2D eigenvalue weighted by atomic mass is 16.4. The monoisotopic (exact) mass is 399 g/mol. The number of nitrogens with zero attached hydrogens (tertiary/aromatic N) is 3. The Hall–Kier alpha value is -2.67. The van der Waals surface area contributed by atoms with E-state index in [1.807, 2.05) is 18.2 Å². The van der Waals surface area contributed by atoms with Crippen molar-refractivity contribution >= 4 is 11.9 Å². The topological polar surface area (TPSA) is 86.9 Å². The molecule has 1 aliphatic rings. The molecule has 0 saturated carbocycles. The SMILES string of the molecule is CN(CCc1ccccn1)CCC1CN(C(=O)c2ccco2)CCC1CC(=O)O. The van der Waals surface area contributed by atoms with Crippen molar-refractivity contribution in [2.75, 3.05) is 33.2 Å². The van der Waals surface area contributed by atoms with Crippen LogP contribution in [0.3, 0.4) is 0 Å². The number of piperidine rings is 1. The molecular formula is C22H29N3O4. The molecule has 7 nitrogen and oxygen atoms in total. The minimum atomic E-state index is -0.769. The Morgan fingerprint density at radius 2 is 2.10 bits per heavy atom. The summed E-state index contributed by atoms with van der Waals surface area (Å²) in [5, 5.41) is 9.28. The maximum Gasteiger partial charge on any atom is 0.303 e. The second kappa shape index (κ2) is 10.2. The summed E-state index contributed by atoms with van der Waals surface area (Å²) in [7, 11) is 2.07. The van der Waals surface area contributed by atoms with Crippen molar-refractivity contribution in [1.29, 1.82) is 0 Å². The molecule has 3 rings (SSSR count). The molecule has 1 aliphatic heterocycles. The highest BCUT2D eigenvalue weighted by molar-refractivity contribution is 5.91. The number of hydrogen-bond donors (Lipinski definition) is 1. The number of carboxylic acid groups (broad SMARTS) is 1. The average molecular weight is 399 g/mol. The van der Waals surface area contributed by atoms with Crippen LogP contribution in [0.25, 0.3) is 0 Å². The van der Waals surface area contributed by atoms with E-state index in [2.05, 4.69) is 16.9 Å². The number of carboxylic acids is 1. The van der Waals surface area contributed by atoms with Gasteiger partial charge in [-0.15, -0.1) is 0 Å². The number of pyridine rings is 1. The smallest absolute Gasteiger partial charge is 0.303 e. The van der Waals surface area contributed by atoms with E-state index in [1.54, 1.807) is 23.2 Å². The molecule has 3 heterocycles. The van der Waals surface area contributed by atoms with Crippen LogP contribution in [0.15, 0.2) is 47.2 Å². The van der Waals surface area contributed by atoms with Crippen LogP contribution in [0, 0.1) is 11.8 Å². The molecule has 2 unspecified atom stereocenters. The van der Waals surface area contributed by atoms with Gasteiger partial charge in [-0.1, -0.05) is 6.07 Å². The molecule has 156 valence electrons. The van der Waals surface area contributed by atoms with Gasteiger partial charge in [0, 0.05) is 44.4 Å². The molecule has 1 fully saturated rings. The Bertz CT molecular complexity index is 779. The molecular weight excluding hydrogens is 370 g/mol. The Morgan fingerprint density at radius 1 is 1.24 bits per heavy atom. The first-order chi connectivity index (χ1) is 14.0. The lowest BCUT2D eigenvalue weighted by molar-refractivity contribution is -0.139. The van der Waals surface area contributed by atoms with E-state index in [9.17, 15) is 14.7 Å². The highest BCUT2D eigenvalue weighted by Crippen LogP contribution is 2.30. The van der Waals surface area contributed by atoms with E-state index in [4.69, 9.17) is 4.42 Å². The Morgan fingerprint density at radius 3 is 2.79 bits per heavy atom. The molecule has 2 aromatic heterocycles. The average Bonchev–Trinajstić information content (AvgIpc) is 3.26. The van der Waals surface area contributed by atoms with E-state index in [1.165, 1.54) is 6.26 Å². The van der Waals surface area contributed by atoms with Gasteiger partial charge in [0.15, 0.2) is 5.76 Å². The van der Waals surface area contributed by atoms with Gasteiger partial charge in [0.1, 0.15) is 0 Å². The number of likely N-dealkylation sites (N-methyl/N-ethyl adjacent to an activating group) is 1. The van der Waals surface area contributed by atoms with Crippen LogP contribution in [0.1, 0.15) is 35.5 Å². The lowest BCUT2D eigenvalue weighted by Gasteiger charge is -2.38. The molecule has 1 saturated heterocycles. The van der Waals surface area contributed by atoms with Crippen LogP contribution in [0.4, 0.5) is 0 Å². The molecule has 0 spiro atoms. The van der Waals surface area contributed by atoms with Crippen molar-refractivity contribution in [2.45, 2.75) is 25.7 Å². The maximum atomic E-state index is 12.6. The summed E-state index contributed by atoms with van der Waals surface area (Å²) in [5.74, 6) is -0.284. The number of aliphatic carboxylic acids is 1. The minimum absolute atomic E-state index is 0.0948. The third kappa shape index (κ3) is 6.15. The van der Waals surface area contributed by atoms with Crippen LogP contribution < -0.4 is 0 Å². The number of hydrogen-bond acceptors (Lipinski definition) is 5. The fourth-order valence-corrected chi connectivity index (χ4v) is 3.99. The number of carbonyl (C=O) groups excluding carboxylic acids is 1. The van der Waals surface area contributed by atoms with Gasteiger partial charge in [-0.2, -0.15) is 0 Å². The number of carbonyl (C=O) groups is 2. The van der Waals surface area contributed by atoms with Gasteiger partial charge in [0.05, 0.1) is 6.26 Å². The van der Waals surface area contributed by atoms with Crippen LogP contribution >= 0.6 is 0 Å². The summed E-state index contributed by atoms with van der Waals surface area (Å²) in [6.07, 6.45) is 5.91. The van der Waals surface area contributed by atoms with Crippen LogP contribution in [-0.2, 0) is 11.2 Å². The molecule has 1 N–H and O–H groups in total. The zero-order valence-electron chi connectivity index (χ0n) is 16.9. The molecule has 29 heavy (non-hydrogen) atoms. The summed E-state index contributed by atoms with van der Waals surface area (Å²) in [6, 6.07) is 9.31. The number of amides is 1. The Kier molecular flexibility index (Phi) is 7.41. The molecule has 0 aliphatic carbocycles.